The number of phenols is 1. The second kappa shape index (κ2) is 5.12. The first-order valence-corrected chi connectivity index (χ1v) is 6.52. The van der Waals surface area contributed by atoms with Crippen LogP contribution >= 0.6 is 0 Å². The Kier molecular flexibility index (Phi) is 4.24. The Labute approximate surface area is 106 Å². The number of hydrogen-bond acceptors (Lipinski definition) is 1. The van der Waals surface area contributed by atoms with Crippen molar-refractivity contribution in [1.82, 2.24) is 0 Å². The summed E-state index contributed by atoms with van der Waals surface area (Å²) in [7, 11) is 0. The standard InChI is InChI=1S/C16H26O/c1-11(2)12(3)15(16(4,5)6)13-7-9-14(17)10-8-13/h7-12,15,17H,1-6H3. The molecule has 1 aromatic carbocycles. The summed E-state index contributed by atoms with van der Waals surface area (Å²) in [4.78, 5) is 0. The summed E-state index contributed by atoms with van der Waals surface area (Å²) in [5.41, 5.74) is 1.57. The van der Waals surface area contributed by atoms with E-state index in [1.165, 1.54) is 5.56 Å². The smallest absolute Gasteiger partial charge is 0.115 e. The monoisotopic (exact) mass is 234 g/mol. The molecule has 0 radical (unpaired) electrons. The van der Waals surface area contributed by atoms with Crippen molar-refractivity contribution in [2.75, 3.05) is 0 Å². The minimum absolute atomic E-state index is 0.237. The third kappa shape index (κ3) is 3.49. The molecule has 0 saturated carbocycles. The molecular weight excluding hydrogens is 208 g/mol. The summed E-state index contributed by atoms with van der Waals surface area (Å²) < 4.78 is 0. The Morgan fingerprint density at radius 3 is 1.76 bits per heavy atom. The van der Waals surface area contributed by atoms with Crippen molar-refractivity contribution in [1.29, 1.82) is 0 Å². The second-order valence-electron chi connectivity index (χ2n) is 6.54. The van der Waals surface area contributed by atoms with Crippen LogP contribution in [0.2, 0.25) is 0 Å². The first kappa shape index (κ1) is 14.1. The SMILES string of the molecule is CC(C)C(C)C(c1ccc(O)cc1)C(C)(C)C. The van der Waals surface area contributed by atoms with Gasteiger partial charge in [-0.1, -0.05) is 53.7 Å². The van der Waals surface area contributed by atoms with E-state index in [4.69, 9.17) is 0 Å². The molecule has 0 aliphatic carbocycles. The fourth-order valence-electron chi connectivity index (χ4n) is 2.66. The van der Waals surface area contributed by atoms with Crippen molar-refractivity contribution >= 4 is 0 Å². The Hall–Kier alpha value is -0.980. The lowest BCUT2D eigenvalue weighted by atomic mass is 9.67. The van der Waals surface area contributed by atoms with E-state index in [1.807, 2.05) is 0 Å². The van der Waals surface area contributed by atoms with Gasteiger partial charge in [0.15, 0.2) is 0 Å². The van der Waals surface area contributed by atoms with Gasteiger partial charge >= 0.3 is 0 Å². The second-order valence-corrected chi connectivity index (χ2v) is 6.54. The van der Waals surface area contributed by atoms with Crippen LogP contribution < -0.4 is 0 Å². The van der Waals surface area contributed by atoms with Gasteiger partial charge in [0.1, 0.15) is 5.75 Å². The van der Waals surface area contributed by atoms with Gasteiger partial charge in [-0.15, -0.1) is 0 Å². The molecule has 0 heterocycles. The van der Waals surface area contributed by atoms with E-state index in [1.54, 1.807) is 12.1 Å². The zero-order valence-corrected chi connectivity index (χ0v) is 12.0. The topological polar surface area (TPSA) is 20.2 Å². The Bertz CT molecular complexity index is 343. The van der Waals surface area contributed by atoms with Crippen molar-refractivity contribution < 1.29 is 5.11 Å². The molecule has 1 heteroatoms. The van der Waals surface area contributed by atoms with Crippen LogP contribution in [0.3, 0.4) is 0 Å². The zero-order valence-electron chi connectivity index (χ0n) is 12.0. The van der Waals surface area contributed by atoms with Gasteiger partial charge in [0.25, 0.3) is 0 Å². The van der Waals surface area contributed by atoms with E-state index in [9.17, 15) is 5.11 Å². The van der Waals surface area contributed by atoms with Crippen molar-refractivity contribution in [3.05, 3.63) is 29.8 Å². The molecule has 0 fully saturated rings. The van der Waals surface area contributed by atoms with E-state index < -0.39 is 0 Å². The third-order valence-electron chi connectivity index (χ3n) is 3.76. The fourth-order valence-corrected chi connectivity index (χ4v) is 2.66. The zero-order chi connectivity index (χ0) is 13.2. The molecule has 1 rings (SSSR count). The summed E-state index contributed by atoms with van der Waals surface area (Å²) in [6, 6.07) is 7.70. The maximum atomic E-state index is 9.39. The summed E-state index contributed by atoms with van der Waals surface area (Å²) in [6.45, 7) is 13.8. The highest BCUT2D eigenvalue weighted by Gasteiger charge is 2.32. The lowest BCUT2D eigenvalue weighted by Gasteiger charge is -2.38. The van der Waals surface area contributed by atoms with Gasteiger partial charge in [-0.25, -0.2) is 0 Å². The molecule has 0 spiro atoms. The summed E-state index contributed by atoms with van der Waals surface area (Å²) in [5, 5.41) is 9.39. The summed E-state index contributed by atoms with van der Waals surface area (Å²) in [5.74, 6) is 2.15. The highest BCUT2D eigenvalue weighted by Crippen LogP contribution is 2.43. The van der Waals surface area contributed by atoms with Crippen LogP contribution in [-0.4, -0.2) is 5.11 Å². The van der Waals surface area contributed by atoms with Crippen molar-refractivity contribution in [2.24, 2.45) is 17.3 Å². The minimum Gasteiger partial charge on any atom is -0.508 e. The molecule has 0 saturated heterocycles. The molecule has 0 amide bonds. The number of hydrogen-bond donors (Lipinski definition) is 1. The van der Waals surface area contributed by atoms with E-state index >= 15 is 0 Å². The van der Waals surface area contributed by atoms with Crippen LogP contribution in [-0.2, 0) is 0 Å². The quantitative estimate of drug-likeness (QED) is 0.795. The van der Waals surface area contributed by atoms with Crippen LogP contribution in [0.25, 0.3) is 0 Å². The Balaban J connectivity index is 3.11. The van der Waals surface area contributed by atoms with E-state index in [0.29, 0.717) is 23.5 Å². The average Bonchev–Trinajstić information content (AvgIpc) is 2.19. The molecule has 96 valence electrons. The van der Waals surface area contributed by atoms with Gasteiger partial charge in [0.05, 0.1) is 0 Å². The number of aromatic hydroxyl groups is 1. The molecule has 17 heavy (non-hydrogen) atoms. The van der Waals surface area contributed by atoms with Crippen LogP contribution in [0.15, 0.2) is 24.3 Å². The van der Waals surface area contributed by atoms with Gasteiger partial charge in [-0.2, -0.15) is 0 Å². The number of rotatable bonds is 3. The number of phenolic OH excluding ortho intramolecular Hbond substituents is 1. The van der Waals surface area contributed by atoms with Gasteiger partial charge in [0.2, 0.25) is 0 Å². The molecule has 1 nitrogen and oxygen atoms in total. The maximum absolute atomic E-state index is 9.39. The predicted octanol–water partition coefficient (Wildman–Crippen LogP) is 4.81. The molecule has 0 aromatic heterocycles. The first-order chi connectivity index (χ1) is 7.73. The molecule has 2 unspecified atom stereocenters. The fraction of sp³-hybridized carbons (Fsp3) is 0.625. The number of benzene rings is 1. The molecule has 2 atom stereocenters. The largest absolute Gasteiger partial charge is 0.508 e. The maximum Gasteiger partial charge on any atom is 0.115 e. The van der Waals surface area contributed by atoms with Gasteiger partial charge < -0.3 is 5.11 Å². The van der Waals surface area contributed by atoms with Crippen molar-refractivity contribution in [3.63, 3.8) is 0 Å². The normalized spacial score (nSPS) is 15.9. The molecule has 0 aliphatic rings. The van der Waals surface area contributed by atoms with Crippen LogP contribution in [0.1, 0.15) is 53.0 Å². The van der Waals surface area contributed by atoms with Gasteiger partial charge in [-0.05, 0) is 40.9 Å². The van der Waals surface area contributed by atoms with Crippen LogP contribution in [0, 0.1) is 17.3 Å². The van der Waals surface area contributed by atoms with E-state index in [0.717, 1.165) is 0 Å². The Morgan fingerprint density at radius 2 is 1.41 bits per heavy atom. The Morgan fingerprint density at radius 1 is 0.941 bits per heavy atom. The lowest BCUT2D eigenvalue weighted by Crippen LogP contribution is -2.27. The van der Waals surface area contributed by atoms with Crippen LogP contribution in [0.5, 0.6) is 5.75 Å². The highest BCUT2D eigenvalue weighted by atomic mass is 16.3. The van der Waals surface area contributed by atoms with E-state index in [2.05, 4.69) is 53.7 Å². The van der Waals surface area contributed by atoms with Gasteiger partial charge in [-0.3, -0.25) is 0 Å². The molecular formula is C16H26O. The highest BCUT2D eigenvalue weighted by molar-refractivity contribution is 5.29. The summed E-state index contributed by atoms with van der Waals surface area (Å²) >= 11 is 0. The summed E-state index contributed by atoms with van der Waals surface area (Å²) in [6.07, 6.45) is 0. The lowest BCUT2D eigenvalue weighted by molar-refractivity contribution is 0.205. The van der Waals surface area contributed by atoms with E-state index in [-0.39, 0.29) is 5.41 Å². The van der Waals surface area contributed by atoms with Crippen molar-refractivity contribution in [3.8, 4) is 5.75 Å². The third-order valence-corrected chi connectivity index (χ3v) is 3.76. The molecule has 1 aromatic rings. The average molecular weight is 234 g/mol. The van der Waals surface area contributed by atoms with Crippen molar-refractivity contribution in [2.45, 2.75) is 47.5 Å². The van der Waals surface area contributed by atoms with Gasteiger partial charge in [0, 0.05) is 0 Å². The first-order valence-electron chi connectivity index (χ1n) is 6.52. The minimum atomic E-state index is 0.237. The molecule has 0 aliphatic heterocycles. The predicted molar refractivity (Wildman–Crippen MR) is 74.3 cm³/mol. The van der Waals surface area contributed by atoms with Crippen LogP contribution in [0.4, 0.5) is 0 Å². The molecule has 1 N–H and O–H groups in total. The molecule has 0 bridgehead atoms.